The van der Waals surface area contributed by atoms with E-state index in [0.29, 0.717) is 18.7 Å². The Morgan fingerprint density at radius 1 is 1.28 bits per heavy atom. The minimum atomic E-state index is -0.547. The number of amides is 3. The normalized spacial score (nSPS) is 19.1. The zero-order valence-corrected chi connectivity index (χ0v) is 14.0. The summed E-state index contributed by atoms with van der Waals surface area (Å²) in [5.74, 6) is -0.787. The van der Waals surface area contributed by atoms with Gasteiger partial charge in [0.15, 0.2) is 0 Å². The summed E-state index contributed by atoms with van der Waals surface area (Å²) < 4.78 is 0. The quantitative estimate of drug-likeness (QED) is 0.463. The Labute approximate surface area is 147 Å². The van der Waals surface area contributed by atoms with E-state index in [1.165, 1.54) is 24.3 Å². The molecule has 3 rings (SSSR count). The summed E-state index contributed by atoms with van der Waals surface area (Å²) in [6.45, 7) is 1.04. The summed E-state index contributed by atoms with van der Waals surface area (Å²) in [4.78, 5) is 49.6. The number of imide groups is 1. The standard InChI is InChI=1S/C16H15N3O5S/c20-14(17-6-1-2-7-17)10-18-15(21)13(25-16(18)22)9-11-4-3-5-12(8-11)19(23)24/h3-5,8-9H,1-2,6-7,10H2/b13-9-. The van der Waals surface area contributed by atoms with Gasteiger partial charge in [-0.1, -0.05) is 12.1 Å². The van der Waals surface area contributed by atoms with E-state index in [0.717, 1.165) is 29.5 Å². The predicted octanol–water partition coefficient (Wildman–Crippen LogP) is 2.25. The molecule has 2 saturated heterocycles. The molecular weight excluding hydrogens is 346 g/mol. The van der Waals surface area contributed by atoms with Crippen LogP contribution in [0.4, 0.5) is 10.5 Å². The lowest BCUT2D eigenvalue weighted by atomic mass is 10.2. The van der Waals surface area contributed by atoms with E-state index >= 15 is 0 Å². The number of nitro groups is 1. The second-order valence-corrected chi connectivity index (χ2v) is 6.70. The highest BCUT2D eigenvalue weighted by atomic mass is 32.2. The summed E-state index contributed by atoms with van der Waals surface area (Å²) in [7, 11) is 0. The highest BCUT2D eigenvalue weighted by molar-refractivity contribution is 8.18. The molecule has 2 heterocycles. The Morgan fingerprint density at radius 3 is 2.68 bits per heavy atom. The molecule has 1 aromatic rings. The van der Waals surface area contributed by atoms with Crippen molar-refractivity contribution in [3.63, 3.8) is 0 Å². The molecule has 0 bridgehead atoms. The van der Waals surface area contributed by atoms with Crippen LogP contribution in [-0.2, 0) is 9.59 Å². The Bertz CT molecular complexity index is 786. The van der Waals surface area contributed by atoms with E-state index < -0.39 is 16.1 Å². The first-order valence-corrected chi connectivity index (χ1v) is 8.55. The smallest absolute Gasteiger partial charge is 0.294 e. The number of hydrogen-bond acceptors (Lipinski definition) is 6. The van der Waals surface area contributed by atoms with E-state index in [4.69, 9.17) is 0 Å². The molecule has 0 aromatic heterocycles. The molecule has 9 heteroatoms. The molecular formula is C16H15N3O5S. The molecule has 2 aliphatic heterocycles. The zero-order chi connectivity index (χ0) is 18.0. The number of hydrogen-bond donors (Lipinski definition) is 0. The van der Waals surface area contributed by atoms with Crippen LogP contribution in [0.5, 0.6) is 0 Å². The van der Waals surface area contributed by atoms with Crippen molar-refractivity contribution in [2.24, 2.45) is 0 Å². The molecule has 0 unspecified atom stereocenters. The lowest BCUT2D eigenvalue weighted by molar-refractivity contribution is -0.384. The zero-order valence-electron chi connectivity index (χ0n) is 13.2. The van der Waals surface area contributed by atoms with Crippen LogP contribution in [0.2, 0.25) is 0 Å². The van der Waals surface area contributed by atoms with Crippen molar-refractivity contribution < 1.29 is 19.3 Å². The second kappa shape index (κ2) is 7.06. The fraction of sp³-hybridized carbons (Fsp3) is 0.312. The van der Waals surface area contributed by atoms with Crippen molar-refractivity contribution in [1.82, 2.24) is 9.80 Å². The molecule has 3 amide bonds. The molecule has 2 fully saturated rings. The molecule has 130 valence electrons. The number of carbonyl (C=O) groups is 3. The van der Waals surface area contributed by atoms with E-state index in [1.807, 2.05) is 0 Å². The lowest BCUT2D eigenvalue weighted by Gasteiger charge is -2.18. The first kappa shape index (κ1) is 17.2. The van der Waals surface area contributed by atoms with Gasteiger partial charge in [-0.05, 0) is 36.2 Å². The van der Waals surface area contributed by atoms with Gasteiger partial charge >= 0.3 is 0 Å². The van der Waals surface area contributed by atoms with Gasteiger partial charge in [-0.2, -0.15) is 0 Å². The second-order valence-electron chi connectivity index (χ2n) is 5.71. The van der Waals surface area contributed by atoms with Crippen LogP contribution in [0.15, 0.2) is 29.2 Å². The fourth-order valence-corrected chi connectivity index (χ4v) is 3.56. The minimum Gasteiger partial charge on any atom is -0.341 e. The monoisotopic (exact) mass is 361 g/mol. The van der Waals surface area contributed by atoms with Crippen molar-refractivity contribution in [1.29, 1.82) is 0 Å². The average Bonchev–Trinajstić information content (AvgIpc) is 3.20. The predicted molar refractivity (Wildman–Crippen MR) is 91.6 cm³/mol. The van der Waals surface area contributed by atoms with Crippen molar-refractivity contribution in [2.75, 3.05) is 19.6 Å². The molecule has 0 saturated carbocycles. The largest absolute Gasteiger partial charge is 0.341 e. The van der Waals surface area contributed by atoms with E-state index in [-0.39, 0.29) is 23.0 Å². The van der Waals surface area contributed by atoms with Crippen LogP contribution >= 0.6 is 11.8 Å². The molecule has 0 radical (unpaired) electrons. The Morgan fingerprint density at radius 2 is 2.00 bits per heavy atom. The number of nitrogens with zero attached hydrogens (tertiary/aromatic N) is 3. The van der Waals surface area contributed by atoms with Crippen LogP contribution in [-0.4, -0.2) is 51.4 Å². The molecule has 1 aromatic carbocycles. The van der Waals surface area contributed by atoms with Crippen LogP contribution in [0.1, 0.15) is 18.4 Å². The number of thioether (sulfide) groups is 1. The van der Waals surface area contributed by atoms with Gasteiger partial charge in [-0.25, -0.2) is 0 Å². The van der Waals surface area contributed by atoms with Gasteiger partial charge in [-0.3, -0.25) is 29.4 Å². The summed E-state index contributed by atoms with van der Waals surface area (Å²) in [5.41, 5.74) is 0.350. The molecule has 25 heavy (non-hydrogen) atoms. The topological polar surface area (TPSA) is 101 Å². The SMILES string of the molecule is O=C(CN1C(=O)S/C(=C\c2cccc([N+](=O)[O-])c2)C1=O)N1CCCC1. The van der Waals surface area contributed by atoms with Crippen molar-refractivity contribution in [2.45, 2.75) is 12.8 Å². The number of likely N-dealkylation sites (tertiary alicyclic amines) is 1. The number of benzene rings is 1. The summed E-state index contributed by atoms with van der Waals surface area (Å²) in [6.07, 6.45) is 3.29. The maximum absolute atomic E-state index is 12.4. The fourth-order valence-electron chi connectivity index (χ4n) is 2.72. The lowest BCUT2D eigenvalue weighted by Crippen LogP contribution is -2.40. The molecule has 0 atom stereocenters. The van der Waals surface area contributed by atoms with E-state index in [9.17, 15) is 24.5 Å². The van der Waals surface area contributed by atoms with E-state index in [1.54, 1.807) is 11.0 Å². The van der Waals surface area contributed by atoms with Crippen LogP contribution in [0, 0.1) is 10.1 Å². The molecule has 0 spiro atoms. The highest BCUT2D eigenvalue weighted by Gasteiger charge is 2.37. The summed E-state index contributed by atoms with van der Waals surface area (Å²) in [6, 6.07) is 5.78. The highest BCUT2D eigenvalue weighted by Crippen LogP contribution is 2.32. The van der Waals surface area contributed by atoms with Gasteiger partial charge < -0.3 is 4.90 Å². The maximum Gasteiger partial charge on any atom is 0.294 e. The summed E-state index contributed by atoms with van der Waals surface area (Å²) >= 11 is 0.733. The molecule has 0 N–H and O–H groups in total. The van der Waals surface area contributed by atoms with Gasteiger partial charge in [0.1, 0.15) is 6.54 Å². The molecule has 2 aliphatic rings. The third kappa shape index (κ3) is 3.71. The van der Waals surface area contributed by atoms with Gasteiger partial charge in [0, 0.05) is 25.2 Å². The van der Waals surface area contributed by atoms with Crippen molar-refractivity contribution >= 4 is 40.6 Å². The number of rotatable bonds is 4. The van der Waals surface area contributed by atoms with Gasteiger partial charge in [0.2, 0.25) is 5.91 Å². The molecule has 0 aliphatic carbocycles. The first-order chi connectivity index (χ1) is 12.0. The van der Waals surface area contributed by atoms with Gasteiger partial charge in [0.25, 0.3) is 16.8 Å². The number of carbonyl (C=O) groups excluding carboxylic acids is 3. The van der Waals surface area contributed by atoms with Crippen LogP contribution in [0.3, 0.4) is 0 Å². The third-order valence-electron chi connectivity index (χ3n) is 4.00. The maximum atomic E-state index is 12.4. The summed E-state index contributed by atoms with van der Waals surface area (Å²) in [5, 5.41) is 10.3. The van der Waals surface area contributed by atoms with Crippen LogP contribution in [0.25, 0.3) is 6.08 Å². The van der Waals surface area contributed by atoms with Gasteiger partial charge in [0.05, 0.1) is 9.83 Å². The van der Waals surface area contributed by atoms with Crippen molar-refractivity contribution in [3.8, 4) is 0 Å². The van der Waals surface area contributed by atoms with E-state index in [2.05, 4.69) is 0 Å². The number of nitro benzene ring substituents is 1. The molecule has 8 nitrogen and oxygen atoms in total. The third-order valence-corrected chi connectivity index (χ3v) is 4.91. The number of non-ortho nitro benzene ring substituents is 1. The average molecular weight is 361 g/mol. The van der Waals surface area contributed by atoms with Gasteiger partial charge in [-0.15, -0.1) is 0 Å². The Hall–Kier alpha value is -2.68. The Balaban J connectivity index is 1.75. The van der Waals surface area contributed by atoms with Crippen molar-refractivity contribution in [3.05, 3.63) is 44.8 Å². The first-order valence-electron chi connectivity index (χ1n) is 7.73. The Kier molecular flexibility index (Phi) is 4.84. The van der Waals surface area contributed by atoms with Crippen LogP contribution < -0.4 is 0 Å². The minimum absolute atomic E-state index is 0.0998.